The summed E-state index contributed by atoms with van der Waals surface area (Å²) in [6, 6.07) is 12.8. The molecule has 2 aromatic carbocycles. The van der Waals surface area contributed by atoms with Crippen LogP contribution in [-0.2, 0) is 0 Å². The van der Waals surface area contributed by atoms with Crippen LogP contribution in [0.2, 0.25) is 0 Å². The molecule has 0 aliphatic carbocycles. The van der Waals surface area contributed by atoms with E-state index in [4.69, 9.17) is 11.5 Å². The highest BCUT2D eigenvalue weighted by Crippen LogP contribution is 2.27. The fourth-order valence-electron chi connectivity index (χ4n) is 1.63. The van der Waals surface area contributed by atoms with Crippen molar-refractivity contribution in [3.05, 3.63) is 51.6 Å². The Morgan fingerprint density at radius 3 is 2.56 bits per heavy atom. The number of amides is 1. The largest absolute Gasteiger partial charge is 0.397 e. The molecule has 4 nitrogen and oxygen atoms in total. The minimum absolute atomic E-state index is 0.383. The Hall–Kier alpha value is -1.76. The van der Waals surface area contributed by atoms with Gasteiger partial charge in [0.2, 0.25) is 0 Å². The number of hydrogen-bond acceptors (Lipinski definition) is 3. The maximum absolute atomic E-state index is 11.4. The summed E-state index contributed by atoms with van der Waals surface area (Å²) >= 11 is 2.22. The standard InChI is InChI=1S/C13H12IN3O/c14-8-3-1-4-9(7-8)17-12-10(13(16)18)5-2-6-11(12)15/h1-7,17H,15H2,(H2,16,18). The van der Waals surface area contributed by atoms with Crippen LogP contribution in [0.5, 0.6) is 0 Å². The van der Waals surface area contributed by atoms with Crippen LogP contribution in [0.1, 0.15) is 10.4 Å². The molecule has 0 aromatic heterocycles. The summed E-state index contributed by atoms with van der Waals surface area (Å²) in [6.45, 7) is 0. The number of primary amides is 1. The van der Waals surface area contributed by atoms with Crippen molar-refractivity contribution in [1.29, 1.82) is 0 Å². The molecule has 2 rings (SSSR count). The first-order valence-electron chi connectivity index (χ1n) is 5.29. The molecule has 0 saturated carbocycles. The Bertz CT molecular complexity index is 599. The topological polar surface area (TPSA) is 81.1 Å². The van der Waals surface area contributed by atoms with Gasteiger partial charge in [0.05, 0.1) is 16.9 Å². The van der Waals surface area contributed by atoms with Crippen molar-refractivity contribution in [2.24, 2.45) is 5.73 Å². The Morgan fingerprint density at radius 1 is 1.17 bits per heavy atom. The minimum atomic E-state index is -0.504. The average molecular weight is 353 g/mol. The predicted molar refractivity (Wildman–Crippen MR) is 81.8 cm³/mol. The van der Waals surface area contributed by atoms with E-state index in [9.17, 15) is 4.79 Å². The smallest absolute Gasteiger partial charge is 0.250 e. The lowest BCUT2D eigenvalue weighted by atomic mass is 10.1. The molecule has 0 spiro atoms. The van der Waals surface area contributed by atoms with E-state index in [0.717, 1.165) is 9.26 Å². The summed E-state index contributed by atoms with van der Waals surface area (Å²) in [5, 5.41) is 3.13. The number of rotatable bonds is 3. The second kappa shape index (κ2) is 5.26. The fraction of sp³-hybridized carbons (Fsp3) is 0. The van der Waals surface area contributed by atoms with Gasteiger partial charge in [-0.25, -0.2) is 0 Å². The van der Waals surface area contributed by atoms with Gasteiger partial charge in [0.25, 0.3) is 5.91 Å². The molecule has 5 heteroatoms. The first kappa shape index (κ1) is 12.7. The maximum atomic E-state index is 11.4. The van der Waals surface area contributed by atoms with Crippen LogP contribution in [0.25, 0.3) is 0 Å². The number of hydrogen-bond donors (Lipinski definition) is 3. The van der Waals surface area contributed by atoms with Crippen molar-refractivity contribution in [3.8, 4) is 0 Å². The lowest BCUT2D eigenvalue weighted by molar-refractivity contribution is 0.100. The summed E-state index contributed by atoms with van der Waals surface area (Å²) < 4.78 is 1.09. The van der Waals surface area contributed by atoms with Gasteiger partial charge in [0, 0.05) is 9.26 Å². The molecule has 0 heterocycles. The van der Waals surface area contributed by atoms with E-state index in [2.05, 4.69) is 27.9 Å². The van der Waals surface area contributed by atoms with E-state index < -0.39 is 5.91 Å². The third kappa shape index (κ3) is 2.73. The number of carbonyl (C=O) groups is 1. The van der Waals surface area contributed by atoms with Gasteiger partial charge in [-0.1, -0.05) is 12.1 Å². The molecule has 5 N–H and O–H groups in total. The number of benzene rings is 2. The molecule has 0 unspecified atom stereocenters. The zero-order valence-corrected chi connectivity index (χ0v) is 11.6. The number of anilines is 3. The van der Waals surface area contributed by atoms with Crippen molar-refractivity contribution in [2.45, 2.75) is 0 Å². The summed E-state index contributed by atoms with van der Waals surface area (Å²) in [6.07, 6.45) is 0. The minimum Gasteiger partial charge on any atom is -0.397 e. The number of nitrogen functional groups attached to an aromatic ring is 1. The predicted octanol–water partition coefficient (Wildman–Crippen LogP) is 2.72. The molecule has 18 heavy (non-hydrogen) atoms. The van der Waals surface area contributed by atoms with Crippen LogP contribution < -0.4 is 16.8 Å². The Labute approximate surface area is 119 Å². The first-order chi connectivity index (χ1) is 8.58. The van der Waals surface area contributed by atoms with Crippen molar-refractivity contribution >= 4 is 45.6 Å². The third-order valence-corrected chi connectivity index (χ3v) is 3.13. The molecule has 0 atom stereocenters. The Kier molecular flexibility index (Phi) is 3.71. The number of nitrogens with two attached hydrogens (primary N) is 2. The molecule has 92 valence electrons. The van der Waals surface area contributed by atoms with E-state index in [1.54, 1.807) is 18.2 Å². The summed E-state index contributed by atoms with van der Waals surface area (Å²) in [5.41, 5.74) is 13.5. The van der Waals surface area contributed by atoms with E-state index in [-0.39, 0.29) is 0 Å². The molecule has 0 aliphatic heterocycles. The molecule has 0 saturated heterocycles. The lowest BCUT2D eigenvalue weighted by Crippen LogP contribution is -2.14. The van der Waals surface area contributed by atoms with Crippen molar-refractivity contribution in [1.82, 2.24) is 0 Å². The van der Waals surface area contributed by atoms with Gasteiger partial charge in [-0.15, -0.1) is 0 Å². The van der Waals surface area contributed by atoms with Crippen LogP contribution in [0.15, 0.2) is 42.5 Å². The molecule has 2 aromatic rings. The zero-order chi connectivity index (χ0) is 13.1. The average Bonchev–Trinajstić information content (AvgIpc) is 2.31. The lowest BCUT2D eigenvalue weighted by Gasteiger charge is -2.12. The second-order valence-electron chi connectivity index (χ2n) is 3.77. The highest BCUT2D eigenvalue weighted by molar-refractivity contribution is 14.1. The number of para-hydroxylation sites is 1. The van der Waals surface area contributed by atoms with Crippen LogP contribution in [0.4, 0.5) is 17.1 Å². The van der Waals surface area contributed by atoms with E-state index in [0.29, 0.717) is 16.9 Å². The van der Waals surface area contributed by atoms with Crippen molar-refractivity contribution < 1.29 is 4.79 Å². The van der Waals surface area contributed by atoms with Crippen LogP contribution in [-0.4, -0.2) is 5.91 Å². The molecule has 0 aliphatic rings. The van der Waals surface area contributed by atoms with Gasteiger partial charge in [-0.05, 0) is 52.9 Å². The van der Waals surface area contributed by atoms with E-state index in [1.807, 2.05) is 24.3 Å². The summed E-state index contributed by atoms with van der Waals surface area (Å²) in [4.78, 5) is 11.4. The van der Waals surface area contributed by atoms with Gasteiger partial charge in [-0.2, -0.15) is 0 Å². The SMILES string of the molecule is NC(=O)c1cccc(N)c1Nc1cccc(I)c1. The van der Waals surface area contributed by atoms with Gasteiger partial charge in [0.1, 0.15) is 0 Å². The van der Waals surface area contributed by atoms with Gasteiger partial charge < -0.3 is 16.8 Å². The molecule has 0 fully saturated rings. The van der Waals surface area contributed by atoms with Crippen molar-refractivity contribution in [2.75, 3.05) is 11.1 Å². The van der Waals surface area contributed by atoms with E-state index >= 15 is 0 Å². The van der Waals surface area contributed by atoms with E-state index in [1.165, 1.54) is 0 Å². The molecular weight excluding hydrogens is 341 g/mol. The normalized spacial score (nSPS) is 10.1. The molecule has 0 bridgehead atoms. The Morgan fingerprint density at radius 2 is 1.89 bits per heavy atom. The molecular formula is C13H12IN3O. The number of nitrogens with one attached hydrogen (secondary N) is 1. The van der Waals surface area contributed by atoms with Crippen molar-refractivity contribution in [3.63, 3.8) is 0 Å². The number of carbonyl (C=O) groups excluding carboxylic acids is 1. The zero-order valence-electron chi connectivity index (χ0n) is 9.48. The number of halogens is 1. The summed E-state index contributed by atoms with van der Waals surface area (Å²) in [7, 11) is 0. The van der Waals surface area contributed by atoms with Gasteiger partial charge in [0.15, 0.2) is 0 Å². The maximum Gasteiger partial charge on any atom is 0.250 e. The van der Waals surface area contributed by atoms with Crippen LogP contribution in [0, 0.1) is 3.57 Å². The molecule has 0 radical (unpaired) electrons. The highest BCUT2D eigenvalue weighted by Gasteiger charge is 2.11. The second-order valence-corrected chi connectivity index (χ2v) is 5.02. The summed E-state index contributed by atoms with van der Waals surface area (Å²) in [5.74, 6) is -0.504. The first-order valence-corrected chi connectivity index (χ1v) is 6.36. The highest BCUT2D eigenvalue weighted by atomic mass is 127. The monoisotopic (exact) mass is 353 g/mol. The van der Waals surface area contributed by atoms with Crippen LogP contribution >= 0.6 is 22.6 Å². The van der Waals surface area contributed by atoms with Gasteiger partial charge in [-0.3, -0.25) is 4.79 Å². The van der Waals surface area contributed by atoms with Crippen LogP contribution in [0.3, 0.4) is 0 Å². The third-order valence-electron chi connectivity index (χ3n) is 2.46. The van der Waals surface area contributed by atoms with Gasteiger partial charge >= 0.3 is 0 Å². The molecule has 1 amide bonds. The fourth-order valence-corrected chi connectivity index (χ4v) is 2.17. The quantitative estimate of drug-likeness (QED) is 0.586. The Balaban J connectivity index is 2.42.